The molecule has 0 aliphatic carbocycles. The molecule has 2 aromatic carbocycles. The number of anilines is 1. The fraction of sp³-hybridized carbons (Fsp3) is 0.368. The molecule has 0 radical (unpaired) electrons. The predicted molar refractivity (Wildman–Crippen MR) is 99.5 cm³/mol. The van der Waals surface area contributed by atoms with E-state index in [0.717, 1.165) is 29.8 Å². The van der Waals surface area contributed by atoms with Gasteiger partial charge in [0, 0.05) is 44.0 Å². The summed E-state index contributed by atoms with van der Waals surface area (Å²) >= 11 is 0. The molecule has 0 aliphatic heterocycles. The van der Waals surface area contributed by atoms with E-state index in [9.17, 15) is 15.2 Å². The Bertz CT molecular complexity index is 677. The molecular formula is C19H25N3O3. The van der Waals surface area contributed by atoms with Crippen LogP contribution in [-0.4, -0.2) is 34.6 Å². The zero-order chi connectivity index (χ0) is 18.1. The van der Waals surface area contributed by atoms with Gasteiger partial charge in [-0.1, -0.05) is 37.3 Å². The lowest BCUT2D eigenvalue weighted by Crippen LogP contribution is -2.26. The van der Waals surface area contributed by atoms with Crippen molar-refractivity contribution < 1.29 is 10.0 Å². The van der Waals surface area contributed by atoms with Crippen LogP contribution in [0.15, 0.2) is 48.5 Å². The van der Waals surface area contributed by atoms with Crippen LogP contribution >= 0.6 is 0 Å². The second-order valence-electron chi connectivity index (χ2n) is 5.95. The summed E-state index contributed by atoms with van der Waals surface area (Å²) in [4.78, 5) is 12.8. The number of aliphatic hydroxyl groups is 1. The van der Waals surface area contributed by atoms with E-state index in [-0.39, 0.29) is 17.2 Å². The second-order valence-corrected chi connectivity index (χ2v) is 5.95. The third kappa shape index (κ3) is 5.85. The third-order valence-electron chi connectivity index (χ3n) is 3.92. The van der Waals surface area contributed by atoms with Crippen LogP contribution in [0.25, 0.3) is 0 Å². The van der Waals surface area contributed by atoms with Gasteiger partial charge in [-0.15, -0.1) is 0 Å². The number of nitro benzene ring substituents is 1. The van der Waals surface area contributed by atoms with Crippen LogP contribution in [0.3, 0.4) is 0 Å². The van der Waals surface area contributed by atoms with Gasteiger partial charge in [0.15, 0.2) is 0 Å². The van der Waals surface area contributed by atoms with E-state index in [1.807, 2.05) is 30.3 Å². The minimum Gasteiger partial charge on any atom is -0.395 e. The Morgan fingerprint density at radius 2 is 1.92 bits per heavy atom. The van der Waals surface area contributed by atoms with Gasteiger partial charge in [-0.3, -0.25) is 15.0 Å². The number of nitrogens with one attached hydrogen (secondary N) is 1. The Morgan fingerprint density at radius 3 is 2.56 bits per heavy atom. The largest absolute Gasteiger partial charge is 0.395 e. The molecule has 0 atom stereocenters. The first kappa shape index (κ1) is 18.9. The Hall–Kier alpha value is -2.44. The number of hydrogen-bond donors (Lipinski definition) is 2. The molecule has 2 aromatic rings. The van der Waals surface area contributed by atoms with Gasteiger partial charge in [-0.2, -0.15) is 0 Å². The standard InChI is InChI=1S/C19H25N3O3/c1-2-10-20-19-9-8-18(22(24)25)13-17(19)15-21(11-12-23)14-16-6-4-3-5-7-16/h3-9,13,20,23H,2,10-12,14-15H2,1H3. The number of hydrogen-bond acceptors (Lipinski definition) is 5. The van der Waals surface area contributed by atoms with Crippen molar-refractivity contribution in [1.29, 1.82) is 0 Å². The molecule has 0 aliphatic rings. The highest BCUT2D eigenvalue weighted by molar-refractivity contribution is 5.56. The van der Waals surface area contributed by atoms with Crippen LogP contribution < -0.4 is 5.32 Å². The lowest BCUT2D eigenvalue weighted by Gasteiger charge is -2.23. The molecule has 2 N–H and O–H groups in total. The molecule has 0 bridgehead atoms. The normalized spacial score (nSPS) is 10.8. The molecular weight excluding hydrogens is 318 g/mol. The van der Waals surface area contributed by atoms with E-state index in [2.05, 4.69) is 17.1 Å². The summed E-state index contributed by atoms with van der Waals surface area (Å²) in [5.74, 6) is 0. The first-order valence-electron chi connectivity index (χ1n) is 8.52. The molecule has 0 spiro atoms. The highest BCUT2D eigenvalue weighted by Crippen LogP contribution is 2.24. The lowest BCUT2D eigenvalue weighted by molar-refractivity contribution is -0.384. The highest BCUT2D eigenvalue weighted by Gasteiger charge is 2.14. The van der Waals surface area contributed by atoms with Crippen LogP contribution in [0.5, 0.6) is 0 Å². The summed E-state index contributed by atoms with van der Waals surface area (Å²) in [6.07, 6.45) is 0.973. The molecule has 6 heteroatoms. The topological polar surface area (TPSA) is 78.6 Å². The van der Waals surface area contributed by atoms with Crippen LogP contribution in [-0.2, 0) is 13.1 Å². The van der Waals surface area contributed by atoms with Crippen molar-refractivity contribution in [3.63, 3.8) is 0 Å². The number of non-ortho nitro benzene ring substituents is 1. The molecule has 2 rings (SSSR count). The summed E-state index contributed by atoms with van der Waals surface area (Å²) in [6.45, 7) is 4.64. The van der Waals surface area contributed by atoms with E-state index in [4.69, 9.17) is 0 Å². The zero-order valence-corrected chi connectivity index (χ0v) is 14.5. The molecule has 134 valence electrons. The molecule has 0 heterocycles. The molecule has 25 heavy (non-hydrogen) atoms. The maximum absolute atomic E-state index is 11.1. The predicted octanol–water partition coefficient (Wildman–Crippen LogP) is 3.41. The van der Waals surface area contributed by atoms with E-state index >= 15 is 0 Å². The molecule has 0 unspecified atom stereocenters. The summed E-state index contributed by atoms with van der Waals surface area (Å²) in [7, 11) is 0. The first-order chi connectivity index (χ1) is 12.1. The maximum Gasteiger partial charge on any atom is 0.269 e. The molecule has 0 fully saturated rings. The highest BCUT2D eigenvalue weighted by atomic mass is 16.6. The van der Waals surface area contributed by atoms with Crippen molar-refractivity contribution in [1.82, 2.24) is 4.90 Å². The third-order valence-corrected chi connectivity index (χ3v) is 3.92. The Balaban J connectivity index is 2.22. The van der Waals surface area contributed by atoms with Gasteiger partial charge in [0.05, 0.1) is 11.5 Å². The number of benzene rings is 2. The van der Waals surface area contributed by atoms with Gasteiger partial charge >= 0.3 is 0 Å². The van der Waals surface area contributed by atoms with Crippen molar-refractivity contribution in [2.24, 2.45) is 0 Å². The fourth-order valence-corrected chi connectivity index (χ4v) is 2.69. The minimum atomic E-state index is -0.374. The van der Waals surface area contributed by atoms with Gasteiger partial charge < -0.3 is 10.4 Å². The number of rotatable bonds is 10. The average molecular weight is 343 g/mol. The minimum absolute atomic E-state index is 0.0412. The molecule has 6 nitrogen and oxygen atoms in total. The first-order valence-corrected chi connectivity index (χ1v) is 8.52. The van der Waals surface area contributed by atoms with Crippen molar-refractivity contribution >= 4 is 11.4 Å². The van der Waals surface area contributed by atoms with Gasteiger partial charge in [-0.25, -0.2) is 0 Å². The zero-order valence-electron chi connectivity index (χ0n) is 14.5. The van der Waals surface area contributed by atoms with Gasteiger partial charge in [0.2, 0.25) is 0 Å². The van der Waals surface area contributed by atoms with E-state index in [1.54, 1.807) is 12.1 Å². The van der Waals surface area contributed by atoms with Crippen molar-refractivity contribution in [3.05, 3.63) is 69.8 Å². The number of aliphatic hydroxyl groups excluding tert-OH is 1. The number of nitro groups is 1. The van der Waals surface area contributed by atoms with E-state index in [0.29, 0.717) is 19.6 Å². The summed E-state index contributed by atoms with van der Waals surface area (Å²) in [6, 6.07) is 14.9. The summed E-state index contributed by atoms with van der Waals surface area (Å²) in [5.41, 5.74) is 3.00. The van der Waals surface area contributed by atoms with Crippen molar-refractivity contribution in [2.75, 3.05) is 25.0 Å². The Kier molecular flexibility index (Phi) is 7.37. The second kappa shape index (κ2) is 9.76. The average Bonchev–Trinajstić information content (AvgIpc) is 2.61. The Morgan fingerprint density at radius 1 is 1.16 bits per heavy atom. The molecule has 0 amide bonds. The van der Waals surface area contributed by atoms with Crippen LogP contribution in [0.1, 0.15) is 24.5 Å². The van der Waals surface area contributed by atoms with Gasteiger partial charge in [-0.05, 0) is 23.6 Å². The Labute approximate surface area is 148 Å². The van der Waals surface area contributed by atoms with E-state index < -0.39 is 0 Å². The number of nitrogens with zero attached hydrogens (tertiary/aromatic N) is 2. The van der Waals surface area contributed by atoms with Crippen molar-refractivity contribution in [3.8, 4) is 0 Å². The lowest BCUT2D eigenvalue weighted by atomic mass is 10.1. The summed E-state index contributed by atoms with van der Waals surface area (Å²) < 4.78 is 0. The molecule has 0 saturated heterocycles. The fourth-order valence-electron chi connectivity index (χ4n) is 2.69. The van der Waals surface area contributed by atoms with Crippen LogP contribution in [0, 0.1) is 10.1 Å². The quantitative estimate of drug-likeness (QED) is 0.510. The van der Waals surface area contributed by atoms with Crippen molar-refractivity contribution in [2.45, 2.75) is 26.4 Å². The smallest absolute Gasteiger partial charge is 0.269 e. The van der Waals surface area contributed by atoms with Gasteiger partial charge in [0.25, 0.3) is 5.69 Å². The SMILES string of the molecule is CCCNc1ccc([N+](=O)[O-])cc1CN(CCO)Cc1ccccc1. The van der Waals surface area contributed by atoms with Crippen LogP contribution in [0.4, 0.5) is 11.4 Å². The molecule has 0 saturated carbocycles. The van der Waals surface area contributed by atoms with Gasteiger partial charge in [0.1, 0.15) is 0 Å². The monoisotopic (exact) mass is 343 g/mol. The molecule has 0 aromatic heterocycles. The summed E-state index contributed by atoms with van der Waals surface area (Å²) in [5, 5.41) is 23.8. The van der Waals surface area contributed by atoms with Crippen LogP contribution in [0.2, 0.25) is 0 Å². The maximum atomic E-state index is 11.1. The van der Waals surface area contributed by atoms with E-state index in [1.165, 1.54) is 6.07 Å².